The number of phenolic OH excluding ortho intramolecular Hbond substituents is 1. The van der Waals surface area contributed by atoms with Gasteiger partial charge in [-0.15, -0.1) is 11.6 Å². The van der Waals surface area contributed by atoms with Gasteiger partial charge < -0.3 is 50.7 Å². The minimum Gasteiger partial charge on any atom is -0.506 e. The fourth-order valence-electron chi connectivity index (χ4n) is 8.01. The third-order valence-corrected chi connectivity index (χ3v) is 11.5. The molecule has 1 unspecified atom stereocenters. The zero-order valence-corrected chi connectivity index (χ0v) is 36.5. The summed E-state index contributed by atoms with van der Waals surface area (Å²) in [6, 6.07) is 17.2. The average molecular weight is 901 g/mol. The molecule has 5 amide bonds. The number of aromatic hydroxyl groups is 1. The van der Waals surface area contributed by atoms with Crippen molar-refractivity contribution >= 4 is 80.6 Å². The summed E-state index contributed by atoms with van der Waals surface area (Å²) in [7, 11) is 6.47. The van der Waals surface area contributed by atoms with Crippen molar-refractivity contribution in [1.29, 1.82) is 5.41 Å². The molecule has 7 aromatic rings. The normalized spacial score (nSPS) is 13.2. The van der Waals surface area contributed by atoms with E-state index in [4.69, 9.17) is 22.7 Å². The van der Waals surface area contributed by atoms with E-state index in [0.29, 0.717) is 45.9 Å². The third kappa shape index (κ3) is 8.65. The second-order valence-electron chi connectivity index (χ2n) is 15.8. The molecule has 0 fully saturated rings. The van der Waals surface area contributed by atoms with E-state index in [1.54, 1.807) is 61.2 Å². The number of nitrogens with two attached hydrogens (primary N) is 1. The molecule has 21 heteroatoms. The highest BCUT2D eigenvalue weighted by atomic mass is 35.5. The van der Waals surface area contributed by atoms with Gasteiger partial charge in [0, 0.05) is 95.6 Å². The molecule has 1 atom stereocenters. The molecule has 0 spiro atoms. The lowest BCUT2D eigenvalue weighted by atomic mass is 9.99. The van der Waals surface area contributed by atoms with Gasteiger partial charge in [0.05, 0.1) is 41.3 Å². The van der Waals surface area contributed by atoms with Crippen LogP contribution in [0.15, 0.2) is 85.5 Å². The van der Waals surface area contributed by atoms with Crippen LogP contribution in [0.1, 0.15) is 75.9 Å². The second-order valence-corrected chi connectivity index (χ2v) is 16.1. The Balaban J connectivity index is 0.918. The minimum atomic E-state index is -0.583. The van der Waals surface area contributed by atoms with Crippen molar-refractivity contribution in [3.8, 4) is 5.75 Å². The number of phenols is 1. The Morgan fingerprint density at radius 1 is 0.800 bits per heavy atom. The summed E-state index contributed by atoms with van der Waals surface area (Å²) in [5.41, 5.74) is 9.97. The second kappa shape index (κ2) is 17.6. The first-order valence-corrected chi connectivity index (χ1v) is 20.8. The topological polar surface area (TPSA) is 257 Å². The van der Waals surface area contributed by atoms with E-state index < -0.39 is 23.6 Å². The molecule has 0 radical (unpaired) electrons. The van der Waals surface area contributed by atoms with Gasteiger partial charge in [0.1, 0.15) is 34.0 Å². The predicted octanol–water partition coefficient (Wildman–Crippen LogP) is 4.33. The van der Waals surface area contributed by atoms with Gasteiger partial charge in [-0.3, -0.25) is 38.7 Å². The van der Waals surface area contributed by atoms with E-state index in [1.807, 2.05) is 30.3 Å². The molecule has 0 aliphatic carbocycles. The number of aryl methyl sites for hydroxylation is 4. The Hall–Kier alpha value is -8.13. The van der Waals surface area contributed by atoms with Crippen LogP contribution in [0.3, 0.4) is 0 Å². The Morgan fingerprint density at radius 3 is 1.91 bits per heavy atom. The molecule has 5 aromatic heterocycles. The molecule has 20 nitrogen and oxygen atoms in total. The maximum Gasteiger partial charge on any atom is 0.278 e. The van der Waals surface area contributed by atoms with Crippen molar-refractivity contribution < 1.29 is 29.1 Å². The van der Waals surface area contributed by atoms with Crippen LogP contribution in [0.25, 0.3) is 10.9 Å². The number of hydrogen-bond acceptors (Lipinski definition) is 9. The van der Waals surface area contributed by atoms with E-state index in [9.17, 15) is 29.1 Å². The van der Waals surface area contributed by atoms with Crippen LogP contribution in [-0.2, 0) is 34.7 Å². The van der Waals surface area contributed by atoms with Crippen molar-refractivity contribution in [3.05, 3.63) is 125 Å². The predicted molar refractivity (Wildman–Crippen MR) is 244 cm³/mol. The first-order valence-electron chi connectivity index (χ1n) is 20.3. The number of anilines is 4. The van der Waals surface area contributed by atoms with Crippen molar-refractivity contribution in [2.24, 2.45) is 33.9 Å². The molecule has 0 saturated carbocycles. The molecule has 1 aliphatic heterocycles. The number of nitrogens with one attached hydrogen (secondary N) is 5. The summed E-state index contributed by atoms with van der Waals surface area (Å²) in [5, 5.41) is 39.2. The molecule has 0 bridgehead atoms. The van der Waals surface area contributed by atoms with E-state index in [2.05, 4.69) is 31.5 Å². The molecule has 2 aromatic carbocycles. The molecule has 334 valence electrons. The van der Waals surface area contributed by atoms with Gasteiger partial charge >= 0.3 is 0 Å². The van der Waals surface area contributed by atoms with Gasteiger partial charge in [-0.2, -0.15) is 10.2 Å². The summed E-state index contributed by atoms with van der Waals surface area (Å²) in [4.78, 5) is 68.5. The Morgan fingerprint density at radius 2 is 1.35 bits per heavy atom. The van der Waals surface area contributed by atoms with Crippen molar-refractivity contribution in [2.75, 3.05) is 39.8 Å². The smallest absolute Gasteiger partial charge is 0.278 e. The van der Waals surface area contributed by atoms with Gasteiger partial charge in [0.25, 0.3) is 29.5 Å². The monoisotopic (exact) mass is 900 g/mol. The first kappa shape index (κ1) is 43.5. The van der Waals surface area contributed by atoms with Gasteiger partial charge in [-0.1, -0.05) is 30.3 Å². The van der Waals surface area contributed by atoms with Crippen LogP contribution >= 0.6 is 11.6 Å². The van der Waals surface area contributed by atoms with E-state index in [0.717, 1.165) is 11.1 Å². The lowest BCUT2D eigenvalue weighted by molar-refractivity contribution is 0.0943. The highest BCUT2D eigenvalue weighted by Crippen LogP contribution is 2.45. The van der Waals surface area contributed by atoms with E-state index >= 15 is 0 Å². The molecular weight excluding hydrogens is 856 g/mol. The van der Waals surface area contributed by atoms with Gasteiger partial charge in [0.2, 0.25) is 0 Å². The van der Waals surface area contributed by atoms with E-state index in [-0.39, 0.29) is 71.6 Å². The number of fused-ring (bicyclic) bond motifs is 3. The Kier molecular flexibility index (Phi) is 11.8. The fraction of sp³-hybridized carbons (Fsp3) is 0.227. The highest BCUT2D eigenvalue weighted by molar-refractivity contribution is 6.19. The van der Waals surface area contributed by atoms with Crippen LogP contribution in [-0.4, -0.2) is 92.7 Å². The number of amides is 5. The molecule has 65 heavy (non-hydrogen) atoms. The number of hydrogen-bond donors (Lipinski definition) is 7. The maximum absolute atomic E-state index is 14.1. The van der Waals surface area contributed by atoms with Gasteiger partial charge in [-0.05, 0) is 29.3 Å². The summed E-state index contributed by atoms with van der Waals surface area (Å²) in [5.74, 6) is -2.59. The number of alkyl halides is 1. The number of rotatable bonds is 14. The number of aromatic nitrogens is 7. The van der Waals surface area contributed by atoms with Gasteiger partial charge in [-0.25, -0.2) is 0 Å². The number of nitrogens with zero attached hydrogens (tertiary/aromatic N) is 8. The molecule has 6 heterocycles. The SMILES string of the molecule is Cn1cc(NC(=O)c2cc(NC(=O)c3cc(NC(=O)c4cc(C(=O)N5CC(CCl)c6c5cc(O)c5c6cnn5Cc5ccccc5)nn4C)cn3C)cn2C)cc1C(=O)NCCC(=N)N. The number of halogens is 1. The van der Waals surface area contributed by atoms with Crippen LogP contribution < -0.4 is 31.9 Å². The first-order chi connectivity index (χ1) is 31.1. The molecule has 0 saturated heterocycles. The van der Waals surface area contributed by atoms with Crippen molar-refractivity contribution in [3.63, 3.8) is 0 Å². The maximum atomic E-state index is 14.1. The lowest BCUT2D eigenvalue weighted by Gasteiger charge is -2.17. The summed E-state index contributed by atoms with van der Waals surface area (Å²) >= 11 is 6.46. The van der Waals surface area contributed by atoms with E-state index in [1.165, 1.54) is 50.0 Å². The van der Waals surface area contributed by atoms with Crippen LogP contribution in [0, 0.1) is 5.41 Å². The quantitative estimate of drug-likeness (QED) is 0.0465. The molecule has 1 aliphatic rings. The Labute approximate surface area is 376 Å². The Bertz CT molecular complexity index is 3050. The minimum absolute atomic E-state index is 0.000562. The number of carbonyl (C=O) groups excluding carboxylic acids is 5. The zero-order chi connectivity index (χ0) is 46.3. The summed E-state index contributed by atoms with van der Waals surface area (Å²) in [6.45, 7) is 0.862. The number of benzene rings is 2. The lowest BCUT2D eigenvalue weighted by Crippen LogP contribution is -2.30. The highest BCUT2D eigenvalue weighted by Gasteiger charge is 2.37. The van der Waals surface area contributed by atoms with Gasteiger partial charge in [0.15, 0.2) is 5.69 Å². The molecular formula is C44H45ClN14O6. The van der Waals surface area contributed by atoms with Crippen molar-refractivity contribution in [1.82, 2.24) is 38.6 Å². The van der Waals surface area contributed by atoms with Crippen molar-refractivity contribution in [2.45, 2.75) is 18.9 Å². The third-order valence-electron chi connectivity index (χ3n) is 11.1. The largest absolute Gasteiger partial charge is 0.506 e. The summed E-state index contributed by atoms with van der Waals surface area (Å²) < 4.78 is 7.63. The summed E-state index contributed by atoms with van der Waals surface area (Å²) in [6.07, 6.45) is 6.60. The molecule has 8 rings (SSSR count). The van der Waals surface area contributed by atoms with Crippen LogP contribution in [0.4, 0.5) is 22.7 Å². The van der Waals surface area contributed by atoms with Crippen LogP contribution in [0.5, 0.6) is 5.75 Å². The molecule has 8 N–H and O–H groups in total. The fourth-order valence-corrected chi connectivity index (χ4v) is 8.26. The average Bonchev–Trinajstić information content (AvgIpc) is 4.13. The zero-order valence-electron chi connectivity index (χ0n) is 35.7. The number of amidine groups is 1. The van der Waals surface area contributed by atoms with Crippen LogP contribution in [0.2, 0.25) is 0 Å². The standard InChI is InChI=1S/C44H45ClN14O6/c1-54-21-26(12-32(54)40(61)48-11-10-37(46)47)50-41(62)33-13-27(22-55(33)2)51-42(63)34-14-28(23-56(34)3)52-43(64)35-15-30(53-57(35)4)44(65)58-20-25(17-45)38-29-18-49-59(19-24-8-6-5-7-9-24)39(29)36(60)16-31(38)58/h5-9,12-16,18,21-23,25,60H,10-11,17,19-20H2,1-4H3,(H3,46,47)(H,48,61)(H,50,62)(H,51,63)(H,52,64). The number of carbonyl (C=O) groups is 5.